The molecule has 0 aromatic heterocycles. The lowest BCUT2D eigenvalue weighted by Crippen LogP contribution is -2.15. The quantitative estimate of drug-likeness (QED) is 0.248. The van der Waals surface area contributed by atoms with Crippen LogP contribution in [0.15, 0.2) is 78.9 Å². The van der Waals surface area contributed by atoms with Gasteiger partial charge in [-0.3, -0.25) is 0 Å². The first-order valence-electron chi connectivity index (χ1n) is 12.5. The second-order valence-corrected chi connectivity index (χ2v) is 12.1. The summed E-state index contributed by atoms with van der Waals surface area (Å²) in [6.45, 7) is 17.5. The molecular weight excluding hydrogens is 459 g/mol. The van der Waals surface area contributed by atoms with Crippen LogP contribution >= 0.6 is 8.38 Å². The zero-order valence-electron chi connectivity index (χ0n) is 22.8. The van der Waals surface area contributed by atoms with Crippen molar-refractivity contribution in [1.82, 2.24) is 0 Å². The number of benzene rings is 4. The van der Waals surface area contributed by atoms with E-state index in [0.29, 0.717) is 0 Å². The molecule has 4 aromatic rings. The maximum atomic E-state index is 6.92. The minimum Gasteiger partial charge on any atom is -0.435 e. The molecule has 4 rings (SSSR count). The molecule has 1 atom stereocenters. The molecule has 0 bridgehead atoms. The Balaban J connectivity index is 1.85. The van der Waals surface area contributed by atoms with Gasteiger partial charge in [-0.2, -0.15) is 0 Å². The Labute approximate surface area is 218 Å². The van der Waals surface area contributed by atoms with Gasteiger partial charge in [0.1, 0.15) is 11.5 Å². The van der Waals surface area contributed by atoms with Crippen LogP contribution < -0.4 is 14.4 Å². The van der Waals surface area contributed by atoms with Gasteiger partial charge in [0.05, 0.1) is 5.30 Å². The molecule has 0 N–H and O–H groups in total. The minimum absolute atomic E-state index is 0.0462. The fraction of sp³-hybridized carbons (Fsp3) is 0.273. The van der Waals surface area contributed by atoms with Gasteiger partial charge in [-0.15, -0.1) is 0 Å². The van der Waals surface area contributed by atoms with Gasteiger partial charge in [0.15, 0.2) is 0 Å². The summed E-state index contributed by atoms with van der Waals surface area (Å²) < 4.78 is 13.7. The molecular formula is C33H37O2P. The van der Waals surface area contributed by atoms with Crippen LogP contribution in [0.4, 0.5) is 0 Å². The zero-order chi connectivity index (χ0) is 26.0. The number of para-hydroxylation sites is 1. The van der Waals surface area contributed by atoms with Gasteiger partial charge in [0.25, 0.3) is 0 Å². The van der Waals surface area contributed by atoms with Gasteiger partial charge in [0, 0.05) is 5.56 Å². The first-order chi connectivity index (χ1) is 17.0. The first kappa shape index (κ1) is 26.0. The molecule has 4 aromatic carbocycles. The molecule has 0 radical (unpaired) electrons. The fourth-order valence-corrected chi connectivity index (χ4v) is 6.02. The lowest BCUT2D eigenvalue weighted by Gasteiger charge is -2.27. The van der Waals surface area contributed by atoms with E-state index in [1.807, 2.05) is 24.3 Å². The summed E-state index contributed by atoms with van der Waals surface area (Å²) in [5.74, 6) is 1.76. The van der Waals surface area contributed by atoms with Crippen molar-refractivity contribution in [3.05, 3.63) is 112 Å². The molecule has 0 aliphatic heterocycles. The van der Waals surface area contributed by atoms with Crippen molar-refractivity contribution in [3.8, 4) is 22.6 Å². The third-order valence-corrected chi connectivity index (χ3v) is 7.97. The van der Waals surface area contributed by atoms with Crippen molar-refractivity contribution in [1.29, 1.82) is 0 Å². The number of hydrogen-bond donors (Lipinski definition) is 0. The zero-order valence-corrected chi connectivity index (χ0v) is 23.7. The maximum absolute atomic E-state index is 6.92. The Morgan fingerprint density at radius 2 is 1.19 bits per heavy atom. The molecule has 3 heteroatoms. The number of rotatable bonds is 6. The Morgan fingerprint density at radius 3 is 1.86 bits per heavy atom. The molecule has 0 spiro atoms. The second kappa shape index (κ2) is 10.5. The van der Waals surface area contributed by atoms with Gasteiger partial charge < -0.3 is 9.05 Å². The monoisotopic (exact) mass is 496 g/mol. The predicted octanol–water partition coefficient (Wildman–Crippen LogP) is 9.29. The third-order valence-electron chi connectivity index (χ3n) is 6.54. The molecule has 1 unspecified atom stereocenters. The lowest BCUT2D eigenvalue weighted by atomic mass is 9.86. The number of aryl methyl sites for hydroxylation is 4. The van der Waals surface area contributed by atoms with Crippen LogP contribution in [0.5, 0.6) is 11.5 Å². The summed E-state index contributed by atoms with van der Waals surface area (Å²) in [5, 5.41) is 1.04. The normalized spacial score (nSPS) is 12.3. The van der Waals surface area contributed by atoms with Crippen LogP contribution in [0.25, 0.3) is 11.1 Å². The smallest absolute Gasteiger partial charge is 0.326 e. The molecule has 0 saturated carbocycles. The molecule has 0 amide bonds. The van der Waals surface area contributed by atoms with E-state index >= 15 is 0 Å². The molecule has 0 heterocycles. The third kappa shape index (κ3) is 5.66. The van der Waals surface area contributed by atoms with Crippen LogP contribution in [0.2, 0.25) is 0 Å². The average Bonchev–Trinajstić information content (AvgIpc) is 2.82. The summed E-state index contributed by atoms with van der Waals surface area (Å²) in [4.78, 5) is 0. The summed E-state index contributed by atoms with van der Waals surface area (Å²) in [6.07, 6.45) is 0. The van der Waals surface area contributed by atoms with Crippen LogP contribution in [0, 0.1) is 34.6 Å². The minimum atomic E-state index is -1.43. The Hall–Kier alpha value is -3.09. The largest absolute Gasteiger partial charge is 0.435 e. The second-order valence-electron chi connectivity index (χ2n) is 10.7. The van der Waals surface area contributed by atoms with Crippen molar-refractivity contribution in [2.75, 3.05) is 0 Å². The summed E-state index contributed by atoms with van der Waals surface area (Å²) in [7, 11) is -1.43. The Kier molecular flexibility index (Phi) is 7.57. The van der Waals surface area contributed by atoms with Crippen molar-refractivity contribution in [2.45, 2.75) is 60.8 Å². The van der Waals surface area contributed by atoms with Crippen molar-refractivity contribution in [3.63, 3.8) is 0 Å². The van der Waals surface area contributed by atoms with Crippen molar-refractivity contribution >= 4 is 13.7 Å². The highest BCUT2D eigenvalue weighted by atomic mass is 31.2. The first-order valence-corrected chi connectivity index (χ1v) is 13.7. The van der Waals surface area contributed by atoms with E-state index in [4.69, 9.17) is 9.05 Å². The van der Waals surface area contributed by atoms with E-state index in [1.165, 1.54) is 33.4 Å². The molecule has 36 heavy (non-hydrogen) atoms. The van der Waals surface area contributed by atoms with Crippen LogP contribution in [-0.2, 0) is 5.41 Å². The number of hydrogen-bond acceptors (Lipinski definition) is 2. The van der Waals surface area contributed by atoms with E-state index in [-0.39, 0.29) is 5.41 Å². The predicted molar refractivity (Wildman–Crippen MR) is 155 cm³/mol. The Bertz CT molecular complexity index is 1370. The van der Waals surface area contributed by atoms with Gasteiger partial charge in [-0.05, 0) is 97.7 Å². The van der Waals surface area contributed by atoms with Crippen LogP contribution in [0.1, 0.15) is 54.2 Å². The van der Waals surface area contributed by atoms with Crippen molar-refractivity contribution in [2.24, 2.45) is 0 Å². The van der Waals surface area contributed by atoms with Crippen molar-refractivity contribution < 1.29 is 9.05 Å². The molecule has 2 nitrogen and oxygen atoms in total. The van der Waals surface area contributed by atoms with E-state index in [1.54, 1.807) is 0 Å². The van der Waals surface area contributed by atoms with E-state index in [0.717, 1.165) is 27.9 Å². The SMILES string of the molecule is Cc1cc(C)c(C)c(-c2cc(C)cc(C)c2OP(Oc2ccccc2C(C)(C)C)c2ccccc2)c1. The topological polar surface area (TPSA) is 18.5 Å². The lowest BCUT2D eigenvalue weighted by molar-refractivity contribution is 0.481. The van der Waals surface area contributed by atoms with Gasteiger partial charge >= 0.3 is 8.38 Å². The highest BCUT2D eigenvalue weighted by molar-refractivity contribution is 7.56. The molecule has 186 valence electrons. The van der Waals surface area contributed by atoms with E-state index in [9.17, 15) is 0 Å². The molecule has 0 aliphatic carbocycles. The molecule has 0 fully saturated rings. The van der Waals surface area contributed by atoms with Crippen LogP contribution in [0.3, 0.4) is 0 Å². The Morgan fingerprint density at radius 1 is 0.611 bits per heavy atom. The average molecular weight is 497 g/mol. The van der Waals surface area contributed by atoms with Gasteiger partial charge in [-0.25, -0.2) is 0 Å². The standard InChI is InChI=1S/C33H37O2P/c1-22-18-24(3)26(5)28(20-22)29-21-23(2)19-25(4)32(29)35-36(27-14-10-9-11-15-27)34-31-17-13-12-16-30(31)33(6,7)8/h9-21H,1-8H3. The fourth-order valence-electron chi connectivity index (χ4n) is 4.61. The summed E-state index contributed by atoms with van der Waals surface area (Å²) in [6, 6.07) is 27.6. The van der Waals surface area contributed by atoms with Gasteiger partial charge in [-0.1, -0.05) is 80.9 Å². The van der Waals surface area contributed by atoms with Gasteiger partial charge in [0.2, 0.25) is 0 Å². The highest BCUT2D eigenvalue weighted by Gasteiger charge is 2.26. The van der Waals surface area contributed by atoms with Crippen LogP contribution in [-0.4, -0.2) is 0 Å². The maximum Gasteiger partial charge on any atom is 0.326 e. The molecule has 0 saturated heterocycles. The van der Waals surface area contributed by atoms with E-state index in [2.05, 4.69) is 110 Å². The molecule has 0 aliphatic rings. The van der Waals surface area contributed by atoms with E-state index < -0.39 is 8.38 Å². The summed E-state index contributed by atoms with van der Waals surface area (Å²) >= 11 is 0. The highest BCUT2D eigenvalue weighted by Crippen LogP contribution is 2.47. The summed E-state index contributed by atoms with van der Waals surface area (Å²) in [5.41, 5.74) is 9.60.